The Balaban J connectivity index is 2.32. The molecule has 2 aromatic rings. The first-order valence-electron chi connectivity index (χ1n) is 6.35. The van der Waals surface area contributed by atoms with Gasteiger partial charge in [0.1, 0.15) is 17.9 Å². The molecule has 0 spiro atoms. The van der Waals surface area contributed by atoms with Crippen molar-refractivity contribution in [3.63, 3.8) is 0 Å². The third kappa shape index (κ3) is 4.56. The molecule has 0 saturated carbocycles. The van der Waals surface area contributed by atoms with Crippen LogP contribution < -0.4 is 9.47 Å². The van der Waals surface area contributed by atoms with Crippen LogP contribution in [-0.2, 0) is 6.61 Å². The van der Waals surface area contributed by atoms with Gasteiger partial charge < -0.3 is 9.47 Å². The first kappa shape index (κ1) is 16.5. The number of nitrogens with zero attached hydrogens (tertiary/aromatic N) is 2. The van der Waals surface area contributed by atoms with Crippen LogP contribution in [0.3, 0.4) is 0 Å². The van der Waals surface area contributed by atoms with E-state index >= 15 is 0 Å². The van der Waals surface area contributed by atoms with Crippen molar-refractivity contribution >= 4 is 5.69 Å². The van der Waals surface area contributed by atoms with Crippen molar-refractivity contribution in [1.82, 2.24) is 4.98 Å². The largest absolute Gasteiger partial charge is 0.573 e. The van der Waals surface area contributed by atoms with Crippen LogP contribution in [-0.4, -0.2) is 16.3 Å². The minimum absolute atomic E-state index is 0.140. The zero-order valence-electron chi connectivity index (χ0n) is 11.8. The lowest BCUT2D eigenvalue weighted by molar-refractivity contribution is -0.386. The monoisotopic (exact) mass is 328 g/mol. The Morgan fingerprint density at radius 2 is 1.91 bits per heavy atom. The molecule has 0 unspecified atom stereocenters. The maximum absolute atomic E-state index is 12.4. The molecule has 23 heavy (non-hydrogen) atoms. The normalized spacial score (nSPS) is 11.1. The highest BCUT2D eigenvalue weighted by molar-refractivity contribution is 5.49. The molecule has 1 aromatic carbocycles. The molecule has 2 rings (SSSR count). The average Bonchev–Trinajstić information content (AvgIpc) is 2.44. The molecule has 9 heteroatoms. The lowest BCUT2D eigenvalue weighted by Crippen LogP contribution is -2.19. The summed E-state index contributed by atoms with van der Waals surface area (Å²) >= 11 is 0. The number of rotatable bonds is 5. The Morgan fingerprint density at radius 3 is 2.52 bits per heavy atom. The number of ether oxygens (including phenoxy) is 2. The number of pyridine rings is 1. The van der Waals surface area contributed by atoms with Crippen LogP contribution in [0.15, 0.2) is 36.4 Å². The molecule has 1 aromatic heterocycles. The van der Waals surface area contributed by atoms with Gasteiger partial charge in [-0.1, -0.05) is 12.1 Å². The molecule has 0 aliphatic heterocycles. The Kier molecular flexibility index (Phi) is 4.68. The fraction of sp³-hybridized carbons (Fsp3) is 0.214. The van der Waals surface area contributed by atoms with E-state index in [0.717, 1.165) is 18.2 Å². The fourth-order valence-corrected chi connectivity index (χ4v) is 1.84. The van der Waals surface area contributed by atoms with Crippen molar-refractivity contribution in [3.05, 3.63) is 57.8 Å². The van der Waals surface area contributed by atoms with E-state index in [-0.39, 0.29) is 11.4 Å². The molecule has 0 N–H and O–H groups in total. The van der Waals surface area contributed by atoms with Crippen molar-refractivity contribution in [2.45, 2.75) is 19.9 Å². The van der Waals surface area contributed by atoms with Gasteiger partial charge in [0.05, 0.1) is 4.92 Å². The summed E-state index contributed by atoms with van der Waals surface area (Å²) in [6, 6.07) is 8.01. The van der Waals surface area contributed by atoms with Crippen molar-refractivity contribution in [2.24, 2.45) is 0 Å². The number of nitro groups is 1. The summed E-state index contributed by atoms with van der Waals surface area (Å²) in [4.78, 5) is 14.2. The second kappa shape index (κ2) is 6.51. The second-order valence-electron chi connectivity index (χ2n) is 4.46. The second-order valence-corrected chi connectivity index (χ2v) is 4.46. The number of nitro benzene ring substituents is 1. The zero-order valence-corrected chi connectivity index (χ0v) is 11.8. The number of alkyl halides is 3. The third-order valence-electron chi connectivity index (χ3n) is 2.76. The SMILES string of the molecule is Cc1cccc(OCc2c(OC(F)(F)F)cccc2[N+](=O)[O-])n1. The molecule has 1 heterocycles. The summed E-state index contributed by atoms with van der Waals surface area (Å²) in [6.45, 7) is 1.22. The van der Waals surface area contributed by atoms with Gasteiger partial charge >= 0.3 is 6.36 Å². The van der Waals surface area contributed by atoms with Crippen molar-refractivity contribution in [1.29, 1.82) is 0 Å². The van der Waals surface area contributed by atoms with E-state index in [9.17, 15) is 23.3 Å². The molecule has 0 bridgehead atoms. The first-order valence-corrected chi connectivity index (χ1v) is 6.35. The first-order chi connectivity index (χ1) is 10.8. The third-order valence-corrected chi connectivity index (χ3v) is 2.76. The molecule has 0 saturated heterocycles. The van der Waals surface area contributed by atoms with Gasteiger partial charge in [-0.05, 0) is 19.1 Å². The number of aromatic nitrogens is 1. The Labute approximate surface area is 128 Å². The van der Waals surface area contributed by atoms with Crippen LogP contribution in [0, 0.1) is 17.0 Å². The van der Waals surface area contributed by atoms with E-state index in [2.05, 4.69) is 9.72 Å². The molecular weight excluding hydrogens is 317 g/mol. The molecule has 0 radical (unpaired) electrons. The zero-order chi connectivity index (χ0) is 17.0. The van der Waals surface area contributed by atoms with Crippen molar-refractivity contribution in [3.8, 4) is 11.6 Å². The van der Waals surface area contributed by atoms with Crippen LogP contribution >= 0.6 is 0 Å². The van der Waals surface area contributed by atoms with Gasteiger partial charge in [-0.15, -0.1) is 13.2 Å². The topological polar surface area (TPSA) is 74.5 Å². The standard InChI is InChI=1S/C14H11F3N2O4/c1-9-4-2-7-13(18-9)22-8-10-11(19(20)21)5-3-6-12(10)23-14(15,16)17/h2-7H,8H2,1H3. The van der Waals surface area contributed by atoms with E-state index in [0.29, 0.717) is 5.69 Å². The van der Waals surface area contributed by atoms with E-state index in [1.165, 1.54) is 6.07 Å². The lowest BCUT2D eigenvalue weighted by Gasteiger charge is -2.13. The molecular formula is C14H11F3N2O4. The highest BCUT2D eigenvalue weighted by Crippen LogP contribution is 2.33. The number of hydrogen-bond donors (Lipinski definition) is 0. The molecule has 0 aliphatic rings. The van der Waals surface area contributed by atoms with Gasteiger partial charge in [-0.2, -0.15) is 0 Å². The highest BCUT2D eigenvalue weighted by Gasteiger charge is 2.34. The molecule has 122 valence electrons. The maximum Gasteiger partial charge on any atom is 0.573 e. The van der Waals surface area contributed by atoms with Crippen LogP contribution in [0.4, 0.5) is 18.9 Å². The van der Waals surface area contributed by atoms with E-state index in [1.807, 2.05) is 0 Å². The van der Waals surface area contributed by atoms with Gasteiger partial charge in [0.15, 0.2) is 0 Å². The van der Waals surface area contributed by atoms with Gasteiger partial charge in [0.2, 0.25) is 5.88 Å². The molecule has 0 atom stereocenters. The predicted molar refractivity (Wildman–Crippen MR) is 73.1 cm³/mol. The number of aryl methyl sites for hydroxylation is 1. The Hall–Kier alpha value is -2.84. The number of halogens is 3. The summed E-state index contributed by atoms with van der Waals surface area (Å²) in [7, 11) is 0. The molecule has 0 amide bonds. The van der Waals surface area contributed by atoms with Crippen LogP contribution in [0.5, 0.6) is 11.6 Å². The predicted octanol–water partition coefficient (Wildman–Crippen LogP) is 3.78. The van der Waals surface area contributed by atoms with Gasteiger partial charge in [-0.3, -0.25) is 10.1 Å². The molecule has 0 aliphatic carbocycles. The van der Waals surface area contributed by atoms with Crippen LogP contribution in [0.2, 0.25) is 0 Å². The van der Waals surface area contributed by atoms with E-state index in [1.54, 1.807) is 19.1 Å². The summed E-state index contributed by atoms with van der Waals surface area (Å²) < 4.78 is 46.4. The smallest absolute Gasteiger partial charge is 0.472 e. The summed E-state index contributed by atoms with van der Waals surface area (Å²) in [5, 5.41) is 11.0. The maximum atomic E-state index is 12.4. The fourth-order valence-electron chi connectivity index (χ4n) is 1.84. The number of hydrogen-bond acceptors (Lipinski definition) is 5. The summed E-state index contributed by atoms with van der Waals surface area (Å²) in [5.41, 5.74) is -0.214. The Morgan fingerprint density at radius 1 is 1.22 bits per heavy atom. The minimum atomic E-state index is -4.97. The van der Waals surface area contributed by atoms with Crippen molar-refractivity contribution in [2.75, 3.05) is 0 Å². The Bertz CT molecular complexity index is 719. The minimum Gasteiger partial charge on any atom is -0.472 e. The van der Waals surface area contributed by atoms with Crippen LogP contribution in [0.25, 0.3) is 0 Å². The van der Waals surface area contributed by atoms with E-state index in [4.69, 9.17) is 4.74 Å². The van der Waals surface area contributed by atoms with Crippen LogP contribution in [0.1, 0.15) is 11.3 Å². The van der Waals surface area contributed by atoms with Gasteiger partial charge in [-0.25, -0.2) is 4.98 Å². The van der Waals surface area contributed by atoms with E-state index < -0.39 is 29.3 Å². The van der Waals surface area contributed by atoms with Crippen molar-refractivity contribution < 1.29 is 27.6 Å². The lowest BCUT2D eigenvalue weighted by atomic mass is 10.1. The van der Waals surface area contributed by atoms with Gasteiger partial charge in [0, 0.05) is 17.8 Å². The molecule has 0 fully saturated rings. The summed E-state index contributed by atoms with van der Waals surface area (Å²) in [6.07, 6.45) is -4.97. The quantitative estimate of drug-likeness (QED) is 0.617. The number of benzene rings is 1. The van der Waals surface area contributed by atoms with Gasteiger partial charge in [0.25, 0.3) is 5.69 Å². The average molecular weight is 328 g/mol. The molecule has 6 nitrogen and oxygen atoms in total. The highest BCUT2D eigenvalue weighted by atomic mass is 19.4. The summed E-state index contributed by atoms with van der Waals surface area (Å²) in [5.74, 6) is -0.541.